The molecule has 2 N–H and O–H groups in total. The Morgan fingerprint density at radius 3 is 2.78 bits per heavy atom. The molecule has 0 aliphatic rings. The van der Waals surface area contributed by atoms with Crippen LogP contribution in [0.5, 0.6) is 0 Å². The summed E-state index contributed by atoms with van der Waals surface area (Å²) < 4.78 is 9.96. The molecule has 0 unspecified atom stereocenters. The zero-order valence-electron chi connectivity index (χ0n) is 10.9. The third kappa shape index (κ3) is 5.16. The molecule has 0 fully saturated rings. The van der Waals surface area contributed by atoms with E-state index in [4.69, 9.17) is 9.47 Å². The van der Waals surface area contributed by atoms with Crippen molar-refractivity contribution in [2.24, 2.45) is 0 Å². The molecule has 0 aliphatic carbocycles. The molecule has 100 valence electrons. The number of urea groups is 1. The standard InChI is InChI=1S/C13H20N2O3/c1-3-11-6-4-5-7-12(11)15-13(16)14-10-18-9-8-17-2/h4-7H,3,8-10H2,1-2H3,(H2,14,15,16). The first-order valence-corrected chi connectivity index (χ1v) is 5.97. The van der Waals surface area contributed by atoms with E-state index in [9.17, 15) is 4.79 Å². The van der Waals surface area contributed by atoms with Crippen LogP contribution < -0.4 is 10.6 Å². The van der Waals surface area contributed by atoms with Crippen molar-refractivity contribution >= 4 is 11.7 Å². The van der Waals surface area contributed by atoms with Gasteiger partial charge in [0.25, 0.3) is 0 Å². The Bertz CT molecular complexity index is 369. The fourth-order valence-electron chi connectivity index (χ4n) is 1.45. The third-order valence-electron chi connectivity index (χ3n) is 2.41. The van der Waals surface area contributed by atoms with Crippen molar-refractivity contribution in [1.82, 2.24) is 5.32 Å². The van der Waals surface area contributed by atoms with Crippen LogP contribution in [0.2, 0.25) is 0 Å². The van der Waals surface area contributed by atoms with Gasteiger partial charge in [-0.3, -0.25) is 0 Å². The van der Waals surface area contributed by atoms with Gasteiger partial charge in [0.2, 0.25) is 0 Å². The van der Waals surface area contributed by atoms with Gasteiger partial charge in [-0.05, 0) is 18.1 Å². The smallest absolute Gasteiger partial charge is 0.321 e. The molecule has 1 aromatic rings. The van der Waals surface area contributed by atoms with E-state index in [0.29, 0.717) is 13.2 Å². The van der Waals surface area contributed by atoms with E-state index < -0.39 is 0 Å². The van der Waals surface area contributed by atoms with Crippen molar-refractivity contribution in [2.75, 3.05) is 32.4 Å². The van der Waals surface area contributed by atoms with Crippen molar-refractivity contribution in [1.29, 1.82) is 0 Å². The topological polar surface area (TPSA) is 59.6 Å². The lowest BCUT2D eigenvalue weighted by Crippen LogP contribution is -2.31. The SMILES string of the molecule is CCc1ccccc1NC(=O)NCOCCOC. The lowest BCUT2D eigenvalue weighted by atomic mass is 10.1. The number of methoxy groups -OCH3 is 1. The van der Waals surface area contributed by atoms with E-state index in [1.165, 1.54) is 0 Å². The Morgan fingerprint density at radius 2 is 2.06 bits per heavy atom. The van der Waals surface area contributed by atoms with Gasteiger partial charge in [0.1, 0.15) is 6.73 Å². The molecule has 0 saturated carbocycles. The number of amides is 2. The number of aryl methyl sites for hydroxylation is 1. The van der Waals surface area contributed by atoms with Gasteiger partial charge in [-0.15, -0.1) is 0 Å². The highest BCUT2D eigenvalue weighted by Crippen LogP contribution is 2.14. The second-order valence-electron chi connectivity index (χ2n) is 3.69. The van der Waals surface area contributed by atoms with Gasteiger partial charge in [0.05, 0.1) is 13.2 Å². The van der Waals surface area contributed by atoms with E-state index in [0.717, 1.165) is 17.7 Å². The molecule has 0 bridgehead atoms. The molecule has 0 aliphatic heterocycles. The third-order valence-corrected chi connectivity index (χ3v) is 2.41. The van der Waals surface area contributed by atoms with Crippen molar-refractivity contribution in [3.8, 4) is 0 Å². The van der Waals surface area contributed by atoms with Crippen LogP contribution in [0.1, 0.15) is 12.5 Å². The van der Waals surface area contributed by atoms with Gasteiger partial charge < -0.3 is 20.1 Å². The predicted molar refractivity (Wildman–Crippen MR) is 70.7 cm³/mol. The van der Waals surface area contributed by atoms with Crippen LogP contribution >= 0.6 is 0 Å². The molecule has 18 heavy (non-hydrogen) atoms. The summed E-state index contributed by atoms with van der Waals surface area (Å²) in [6, 6.07) is 7.45. The summed E-state index contributed by atoms with van der Waals surface area (Å²) in [4.78, 5) is 11.6. The van der Waals surface area contributed by atoms with Crippen LogP contribution in [0.25, 0.3) is 0 Å². The van der Waals surface area contributed by atoms with Crippen LogP contribution in [0.4, 0.5) is 10.5 Å². The molecule has 1 rings (SSSR count). The number of hydrogen-bond acceptors (Lipinski definition) is 3. The van der Waals surface area contributed by atoms with Crippen molar-refractivity contribution < 1.29 is 14.3 Å². The zero-order valence-corrected chi connectivity index (χ0v) is 10.9. The lowest BCUT2D eigenvalue weighted by molar-refractivity contribution is 0.0650. The van der Waals surface area contributed by atoms with E-state index in [-0.39, 0.29) is 12.8 Å². The van der Waals surface area contributed by atoms with Crippen molar-refractivity contribution in [2.45, 2.75) is 13.3 Å². The summed E-state index contributed by atoms with van der Waals surface area (Å²) in [5, 5.41) is 5.40. The summed E-state index contributed by atoms with van der Waals surface area (Å²) in [5.41, 5.74) is 1.93. The number of para-hydroxylation sites is 1. The van der Waals surface area contributed by atoms with Crippen LogP contribution in [0.15, 0.2) is 24.3 Å². The predicted octanol–water partition coefficient (Wildman–Crippen LogP) is 1.99. The highest BCUT2D eigenvalue weighted by Gasteiger charge is 2.04. The summed E-state index contributed by atoms with van der Waals surface area (Å²) >= 11 is 0. The molecule has 1 aromatic carbocycles. The first kappa shape index (κ1) is 14.5. The molecule has 0 atom stereocenters. The summed E-state index contributed by atoms with van der Waals surface area (Å²) in [6.07, 6.45) is 0.876. The van der Waals surface area contributed by atoms with Crippen molar-refractivity contribution in [3.05, 3.63) is 29.8 Å². The number of carbonyl (C=O) groups excluding carboxylic acids is 1. The number of anilines is 1. The van der Waals surface area contributed by atoms with Gasteiger partial charge in [-0.2, -0.15) is 0 Å². The number of benzene rings is 1. The van der Waals surface area contributed by atoms with Gasteiger partial charge >= 0.3 is 6.03 Å². The van der Waals surface area contributed by atoms with Crippen molar-refractivity contribution in [3.63, 3.8) is 0 Å². The number of ether oxygens (including phenoxy) is 2. The highest BCUT2D eigenvalue weighted by molar-refractivity contribution is 5.89. The second kappa shape index (κ2) is 8.49. The average Bonchev–Trinajstić information content (AvgIpc) is 2.39. The van der Waals surface area contributed by atoms with Gasteiger partial charge in [-0.25, -0.2) is 4.79 Å². The van der Waals surface area contributed by atoms with Gasteiger partial charge in [0, 0.05) is 12.8 Å². The molecule has 2 amide bonds. The summed E-state index contributed by atoms with van der Waals surface area (Å²) in [7, 11) is 1.60. The van der Waals surface area contributed by atoms with Gasteiger partial charge in [0.15, 0.2) is 0 Å². The fraction of sp³-hybridized carbons (Fsp3) is 0.462. The molecule has 0 heterocycles. The van der Waals surface area contributed by atoms with E-state index >= 15 is 0 Å². The van der Waals surface area contributed by atoms with E-state index in [1.807, 2.05) is 31.2 Å². The first-order chi connectivity index (χ1) is 8.77. The first-order valence-electron chi connectivity index (χ1n) is 5.97. The Morgan fingerprint density at radius 1 is 1.28 bits per heavy atom. The Hall–Kier alpha value is -1.59. The maximum atomic E-state index is 11.6. The Balaban J connectivity index is 2.31. The molecule has 0 radical (unpaired) electrons. The minimum atomic E-state index is -0.270. The number of hydrogen-bond donors (Lipinski definition) is 2. The van der Waals surface area contributed by atoms with E-state index in [1.54, 1.807) is 7.11 Å². The number of carbonyl (C=O) groups is 1. The quantitative estimate of drug-likeness (QED) is 0.576. The monoisotopic (exact) mass is 252 g/mol. The maximum Gasteiger partial charge on any atom is 0.321 e. The molecule has 0 spiro atoms. The average molecular weight is 252 g/mol. The Labute approximate surface area is 107 Å². The second-order valence-corrected chi connectivity index (χ2v) is 3.69. The minimum absolute atomic E-state index is 0.170. The van der Waals surface area contributed by atoms with Crippen LogP contribution in [-0.4, -0.2) is 33.1 Å². The molecule has 5 heteroatoms. The highest BCUT2D eigenvalue weighted by atomic mass is 16.5. The van der Waals surface area contributed by atoms with Crippen LogP contribution in [0, 0.1) is 0 Å². The fourth-order valence-corrected chi connectivity index (χ4v) is 1.45. The normalized spacial score (nSPS) is 10.1. The maximum absolute atomic E-state index is 11.6. The van der Waals surface area contributed by atoms with Crippen LogP contribution in [-0.2, 0) is 15.9 Å². The summed E-state index contributed by atoms with van der Waals surface area (Å²) in [6.45, 7) is 3.19. The number of nitrogens with one attached hydrogen (secondary N) is 2. The number of rotatable bonds is 7. The Kier molecular flexibility index (Phi) is 6.83. The molecule has 0 aromatic heterocycles. The molecule has 5 nitrogen and oxygen atoms in total. The summed E-state index contributed by atoms with van der Waals surface area (Å²) in [5.74, 6) is 0. The molecule has 0 saturated heterocycles. The van der Waals surface area contributed by atoms with E-state index in [2.05, 4.69) is 10.6 Å². The lowest BCUT2D eigenvalue weighted by Gasteiger charge is -2.11. The zero-order chi connectivity index (χ0) is 13.2. The molecular formula is C13H20N2O3. The molecular weight excluding hydrogens is 232 g/mol. The largest absolute Gasteiger partial charge is 0.382 e. The minimum Gasteiger partial charge on any atom is -0.382 e. The van der Waals surface area contributed by atoms with Gasteiger partial charge in [-0.1, -0.05) is 25.1 Å². The van der Waals surface area contributed by atoms with Crippen LogP contribution in [0.3, 0.4) is 0 Å².